The standard InChI is InChI=1S/C14H15F2NO2/c1-2-3-11-12(7-13(18)17-14(11)19)8-4-9(15)6-10(16)5-8/h4-6,11-12H,2-3,7H2,1H3,(H,17,18,19). The van der Waals surface area contributed by atoms with Crippen molar-refractivity contribution in [2.45, 2.75) is 32.1 Å². The molecule has 0 bridgehead atoms. The molecule has 102 valence electrons. The summed E-state index contributed by atoms with van der Waals surface area (Å²) in [5, 5.41) is 2.28. The number of rotatable bonds is 3. The van der Waals surface area contributed by atoms with Crippen LogP contribution in [-0.4, -0.2) is 11.8 Å². The lowest BCUT2D eigenvalue weighted by atomic mass is 9.78. The number of benzene rings is 1. The quantitative estimate of drug-likeness (QED) is 0.855. The van der Waals surface area contributed by atoms with Gasteiger partial charge in [-0.05, 0) is 24.1 Å². The van der Waals surface area contributed by atoms with Crippen molar-refractivity contribution >= 4 is 11.8 Å². The Balaban J connectivity index is 2.37. The van der Waals surface area contributed by atoms with E-state index in [1.165, 1.54) is 12.1 Å². The highest BCUT2D eigenvalue weighted by atomic mass is 19.1. The van der Waals surface area contributed by atoms with Gasteiger partial charge in [0.05, 0.1) is 0 Å². The van der Waals surface area contributed by atoms with E-state index in [4.69, 9.17) is 0 Å². The topological polar surface area (TPSA) is 46.2 Å². The van der Waals surface area contributed by atoms with Crippen LogP contribution in [0, 0.1) is 17.6 Å². The molecule has 1 heterocycles. The van der Waals surface area contributed by atoms with Crippen LogP contribution in [0.4, 0.5) is 8.78 Å². The molecule has 1 aromatic carbocycles. The van der Waals surface area contributed by atoms with Gasteiger partial charge in [-0.15, -0.1) is 0 Å². The van der Waals surface area contributed by atoms with E-state index in [9.17, 15) is 18.4 Å². The van der Waals surface area contributed by atoms with Crippen LogP contribution < -0.4 is 5.32 Å². The number of carbonyl (C=O) groups is 2. The van der Waals surface area contributed by atoms with E-state index in [2.05, 4.69) is 5.32 Å². The molecule has 0 aliphatic carbocycles. The fourth-order valence-electron chi connectivity index (χ4n) is 2.59. The first-order chi connectivity index (χ1) is 9.01. The third-order valence-electron chi connectivity index (χ3n) is 3.40. The van der Waals surface area contributed by atoms with E-state index in [-0.39, 0.29) is 12.3 Å². The molecule has 0 spiro atoms. The highest BCUT2D eigenvalue weighted by Crippen LogP contribution is 2.34. The summed E-state index contributed by atoms with van der Waals surface area (Å²) < 4.78 is 26.5. The van der Waals surface area contributed by atoms with Crippen LogP contribution in [-0.2, 0) is 9.59 Å². The summed E-state index contributed by atoms with van der Waals surface area (Å²) in [4.78, 5) is 23.3. The van der Waals surface area contributed by atoms with Crippen LogP contribution in [0.5, 0.6) is 0 Å². The van der Waals surface area contributed by atoms with Crippen molar-refractivity contribution in [2.75, 3.05) is 0 Å². The van der Waals surface area contributed by atoms with E-state index in [0.717, 1.165) is 12.5 Å². The van der Waals surface area contributed by atoms with E-state index in [1.807, 2.05) is 6.92 Å². The van der Waals surface area contributed by atoms with Gasteiger partial charge in [-0.1, -0.05) is 13.3 Å². The molecule has 2 amide bonds. The van der Waals surface area contributed by atoms with Crippen LogP contribution in [0.25, 0.3) is 0 Å². The number of halogens is 2. The summed E-state index contributed by atoms with van der Waals surface area (Å²) in [5.74, 6) is -3.00. The van der Waals surface area contributed by atoms with Gasteiger partial charge in [0, 0.05) is 24.3 Å². The monoisotopic (exact) mass is 267 g/mol. The lowest BCUT2D eigenvalue weighted by Crippen LogP contribution is -2.44. The zero-order valence-electron chi connectivity index (χ0n) is 10.6. The zero-order chi connectivity index (χ0) is 14.0. The average molecular weight is 267 g/mol. The Kier molecular flexibility index (Phi) is 3.93. The molecule has 5 heteroatoms. The molecule has 2 unspecified atom stereocenters. The van der Waals surface area contributed by atoms with Crippen LogP contribution in [0.15, 0.2) is 18.2 Å². The van der Waals surface area contributed by atoms with Gasteiger partial charge in [0.25, 0.3) is 0 Å². The molecule has 0 radical (unpaired) electrons. The van der Waals surface area contributed by atoms with Crippen LogP contribution in [0.2, 0.25) is 0 Å². The van der Waals surface area contributed by atoms with Gasteiger partial charge >= 0.3 is 0 Å². The van der Waals surface area contributed by atoms with Gasteiger partial charge in [-0.3, -0.25) is 14.9 Å². The zero-order valence-corrected chi connectivity index (χ0v) is 10.6. The first-order valence-electron chi connectivity index (χ1n) is 6.31. The second-order valence-corrected chi connectivity index (χ2v) is 4.82. The number of hydrogen-bond donors (Lipinski definition) is 1. The van der Waals surface area contributed by atoms with Crippen molar-refractivity contribution in [1.29, 1.82) is 0 Å². The first kappa shape index (κ1) is 13.6. The Labute approximate surface area is 110 Å². The molecule has 2 atom stereocenters. The molecule has 3 nitrogen and oxygen atoms in total. The number of amides is 2. The van der Waals surface area contributed by atoms with Crippen LogP contribution >= 0.6 is 0 Å². The largest absolute Gasteiger partial charge is 0.296 e. The molecule has 1 saturated heterocycles. The number of imide groups is 1. The van der Waals surface area contributed by atoms with E-state index in [0.29, 0.717) is 12.0 Å². The Morgan fingerprint density at radius 3 is 2.42 bits per heavy atom. The van der Waals surface area contributed by atoms with Crippen LogP contribution in [0.1, 0.15) is 37.7 Å². The van der Waals surface area contributed by atoms with Crippen molar-refractivity contribution in [3.8, 4) is 0 Å². The van der Waals surface area contributed by atoms with Crippen molar-refractivity contribution in [3.05, 3.63) is 35.4 Å². The number of hydrogen-bond acceptors (Lipinski definition) is 2. The molecule has 1 aliphatic rings. The summed E-state index contributed by atoms with van der Waals surface area (Å²) in [6.07, 6.45) is 1.43. The fraction of sp³-hybridized carbons (Fsp3) is 0.429. The van der Waals surface area contributed by atoms with Gasteiger partial charge < -0.3 is 0 Å². The lowest BCUT2D eigenvalue weighted by molar-refractivity contribution is -0.137. The van der Waals surface area contributed by atoms with Gasteiger partial charge in [-0.2, -0.15) is 0 Å². The SMILES string of the molecule is CCCC1C(=O)NC(=O)CC1c1cc(F)cc(F)c1. The Morgan fingerprint density at radius 1 is 1.21 bits per heavy atom. The third kappa shape index (κ3) is 2.97. The third-order valence-corrected chi connectivity index (χ3v) is 3.40. The molecule has 0 saturated carbocycles. The molecular weight excluding hydrogens is 252 g/mol. The van der Waals surface area contributed by atoms with Gasteiger partial charge in [-0.25, -0.2) is 8.78 Å². The molecule has 1 fully saturated rings. The maximum absolute atomic E-state index is 13.3. The summed E-state index contributed by atoms with van der Waals surface area (Å²) >= 11 is 0. The summed E-state index contributed by atoms with van der Waals surface area (Å²) in [5.41, 5.74) is 0.374. The van der Waals surface area contributed by atoms with Crippen molar-refractivity contribution in [2.24, 2.45) is 5.92 Å². The molecule has 0 aromatic heterocycles. The average Bonchev–Trinajstić information content (AvgIpc) is 2.31. The fourth-order valence-corrected chi connectivity index (χ4v) is 2.59. The van der Waals surface area contributed by atoms with E-state index in [1.54, 1.807) is 0 Å². The minimum absolute atomic E-state index is 0.0826. The molecule has 1 aromatic rings. The minimum atomic E-state index is -0.691. The number of piperidine rings is 1. The normalized spacial score (nSPS) is 23.3. The smallest absolute Gasteiger partial charge is 0.230 e. The van der Waals surface area contributed by atoms with E-state index < -0.39 is 29.4 Å². The Bertz CT molecular complexity index is 496. The molecule has 1 N–H and O–H groups in total. The van der Waals surface area contributed by atoms with Gasteiger partial charge in [0.1, 0.15) is 11.6 Å². The van der Waals surface area contributed by atoms with E-state index >= 15 is 0 Å². The molecular formula is C14H15F2NO2. The lowest BCUT2D eigenvalue weighted by Gasteiger charge is -2.30. The first-order valence-corrected chi connectivity index (χ1v) is 6.31. The maximum Gasteiger partial charge on any atom is 0.230 e. The van der Waals surface area contributed by atoms with Crippen molar-refractivity contribution < 1.29 is 18.4 Å². The Morgan fingerprint density at radius 2 is 1.84 bits per heavy atom. The molecule has 1 aliphatic heterocycles. The highest BCUT2D eigenvalue weighted by Gasteiger charge is 2.36. The summed E-state index contributed by atoms with van der Waals surface area (Å²) in [6.45, 7) is 1.92. The molecule has 2 rings (SSSR count). The van der Waals surface area contributed by atoms with Crippen molar-refractivity contribution in [1.82, 2.24) is 5.32 Å². The Hall–Kier alpha value is -1.78. The van der Waals surface area contributed by atoms with Gasteiger partial charge in [0.15, 0.2) is 0 Å². The molecule has 19 heavy (non-hydrogen) atoms. The predicted molar refractivity (Wildman–Crippen MR) is 65.3 cm³/mol. The van der Waals surface area contributed by atoms with Crippen LogP contribution in [0.3, 0.4) is 0 Å². The second-order valence-electron chi connectivity index (χ2n) is 4.82. The predicted octanol–water partition coefficient (Wildman–Crippen LogP) is 2.51. The summed E-state index contributed by atoms with van der Waals surface area (Å²) in [6, 6.07) is 3.17. The summed E-state index contributed by atoms with van der Waals surface area (Å²) in [7, 11) is 0. The van der Waals surface area contributed by atoms with Gasteiger partial charge in [0.2, 0.25) is 11.8 Å². The number of nitrogens with one attached hydrogen (secondary N) is 1. The second kappa shape index (κ2) is 5.47. The maximum atomic E-state index is 13.3. The van der Waals surface area contributed by atoms with Crippen molar-refractivity contribution in [3.63, 3.8) is 0 Å². The highest BCUT2D eigenvalue weighted by molar-refractivity contribution is 5.99. The number of carbonyl (C=O) groups excluding carboxylic acids is 2. The minimum Gasteiger partial charge on any atom is -0.296 e.